The van der Waals surface area contributed by atoms with Gasteiger partial charge in [0.05, 0.1) is 0 Å². The van der Waals surface area contributed by atoms with Gasteiger partial charge in [-0.25, -0.2) is 0 Å². The molecule has 1 fully saturated rings. The van der Waals surface area contributed by atoms with Crippen LogP contribution in [0, 0.1) is 0 Å². The van der Waals surface area contributed by atoms with Gasteiger partial charge in [0.2, 0.25) is 0 Å². The normalized spacial score (nSPS) is 14.9. The van der Waals surface area contributed by atoms with Crippen molar-refractivity contribution in [2.75, 3.05) is 0 Å². The lowest BCUT2D eigenvalue weighted by Gasteiger charge is -2.05. The van der Waals surface area contributed by atoms with Crippen LogP contribution in [0.25, 0.3) is 0 Å². The molecule has 1 heterocycles. The third kappa shape index (κ3) is 3.22. The quantitative estimate of drug-likeness (QED) is 0.843. The molecule has 94 valence electrons. The molecule has 0 bridgehead atoms. The van der Waals surface area contributed by atoms with Gasteiger partial charge in [0, 0.05) is 27.8 Å². The molecule has 0 aliphatic heterocycles. The second-order valence-electron chi connectivity index (χ2n) is 4.85. The summed E-state index contributed by atoms with van der Waals surface area (Å²) in [6.07, 6.45) is 2.75. The molecule has 1 saturated carbocycles. The highest BCUT2D eigenvalue weighted by atomic mass is 79.9. The zero-order valence-corrected chi connectivity index (χ0v) is 12.6. The second kappa shape index (κ2) is 5.55. The van der Waals surface area contributed by atoms with Gasteiger partial charge < -0.3 is 5.32 Å². The summed E-state index contributed by atoms with van der Waals surface area (Å²) in [7, 11) is 0. The molecular formula is C15H16BrNS. The summed E-state index contributed by atoms with van der Waals surface area (Å²) in [5.41, 5.74) is 2.92. The minimum absolute atomic E-state index is 0.846. The predicted octanol–water partition coefficient (Wildman–Crippen LogP) is 4.68. The Labute approximate surface area is 120 Å². The van der Waals surface area contributed by atoms with E-state index in [0.717, 1.165) is 19.0 Å². The van der Waals surface area contributed by atoms with Crippen LogP contribution in [0.3, 0.4) is 0 Å². The first-order chi connectivity index (χ1) is 8.81. The van der Waals surface area contributed by atoms with Crippen molar-refractivity contribution in [2.45, 2.75) is 31.8 Å². The van der Waals surface area contributed by atoms with Crippen molar-refractivity contribution in [2.24, 2.45) is 0 Å². The number of hydrogen-bond acceptors (Lipinski definition) is 2. The molecule has 0 unspecified atom stereocenters. The first kappa shape index (κ1) is 12.4. The maximum Gasteiger partial charge on any atom is 0.0303 e. The van der Waals surface area contributed by atoms with E-state index in [1.165, 1.54) is 33.3 Å². The molecule has 3 rings (SSSR count). The van der Waals surface area contributed by atoms with Gasteiger partial charge >= 0.3 is 0 Å². The van der Waals surface area contributed by atoms with Crippen LogP contribution in [0.1, 0.15) is 34.8 Å². The summed E-state index contributed by atoms with van der Waals surface area (Å²) in [4.78, 5) is 1.38. The van der Waals surface area contributed by atoms with Crippen molar-refractivity contribution >= 4 is 27.3 Å². The first-order valence-corrected chi connectivity index (χ1v) is 8.01. The summed E-state index contributed by atoms with van der Waals surface area (Å²) in [5.74, 6) is 0.846. The highest BCUT2D eigenvalue weighted by Crippen LogP contribution is 2.40. The highest BCUT2D eigenvalue weighted by molar-refractivity contribution is 9.10. The maximum atomic E-state index is 3.51. The second-order valence-corrected chi connectivity index (χ2v) is 6.77. The number of hydrogen-bond donors (Lipinski definition) is 1. The van der Waals surface area contributed by atoms with Gasteiger partial charge in [-0.2, -0.15) is 0 Å². The third-order valence-corrected chi connectivity index (χ3v) is 4.95. The Morgan fingerprint density at radius 1 is 1.22 bits per heavy atom. The van der Waals surface area contributed by atoms with Crippen molar-refractivity contribution in [1.29, 1.82) is 0 Å². The number of halogens is 1. The van der Waals surface area contributed by atoms with Gasteiger partial charge in [-0.3, -0.25) is 0 Å². The summed E-state index contributed by atoms with van der Waals surface area (Å²) >= 11 is 5.28. The van der Waals surface area contributed by atoms with Crippen molar-refractivity contribution < 1.29 is 0 Å². The molecule has 0 amide bonds. The van der Waals surface area contributed by atoms with Crippen LogP contribution < -0.4 is 5.32 Å². The molecule has 1 aliphatic rings. The monoisotopic (exact) mass is 321 g/mol. The molecule has 0 radical (unpaired) electrons. The van der Waals surface area contributed by atoms with E-state index in [2.05, 4.69) is 57.0 Å². The van der Waals surface area contributed by atoms with Crippen molar-refractivity contribution in [3.63, 3.8) is 0 Å². The van der Waals surface area contributed by atoms with E-state index in [1.54, 1.807) is 11.3 Å². The fraction of sp³-hybridized carbons (Fsp3) is 0.333. The first-order valence-electron chi connectivity index (χ1n) is 6.34. The smallest absolute Gasteiger partial charge is 0.0303 e. The molecule has 1 N–H and O–H groups in total. The van der Waals surface area contributed by atoms with E-state index in [9.17, 15) is 0 Å². The van der Waals surface area contributed by atoms with Crippen LogP contribution in [0.2, 0.25) is 0 Å². The molecule has 18 heavy (non-hydrogen) atoms. The molecule has 0 spiro atoms. The van der Waals surface area contributed by atoms with Gasteiger partial charge in [0.25, 0.3) is 0 Å². The van der Waals surface area contributed by atoms with E-state index >= 15 is 0 Å². The Bertz CT molecular complexity index is 531. The van der Waals surface area contributed by atoms with Gasteiger partial charge in [-0.05, 0) is 51.9 Å². The standard InChI is InChI=1S/C15H16BrNS/c16-14-7-15(18-10-14)9-17-8-11-2-1-3-13(6-11)12-4-5-12/h1-3,6-7,10,12,17H,4-5,8-9H2. The van der Waals surface area contributed by atoms with Gasteiger partial charge in [-0.1, -0.05) is 24.3 Å². The van der Waals surface area contributed by atoms with Gasteiger partial charge in [0.15, 0.2) is 0 Å². The van der Waals surface area contributed by atoms with Crippen molar-refractivity contribution in [3.8, 4) is 0 Å². The largest absolute Gasteiger partial charge is 0.308 e. The Balaban J connectivity index is 1.54. The molecule has 1 nitrogen and oxygen atoms in total. The molecule has 2 aromatic rings. The van der Waals surface area contributed by atoms with Crippen LogP contribution in [-0.4, -0.2) is 0 Å². The third-order valence-electron chi connectivity index (χ3n) is 3.25. The van der Waals surface area contributed by atoms with Crippen LogP contribution in [0.4, 0.5) is 0 Å². The topological polar surface area (TPSA) is 12.0 Å². The average Bonchev–Trinajstić information content (AvgIpc) is 3.14. The maximum absolute atomic E-state index is 3.51. The SMILES string of the molecule is Brc1csc(CNCc2cccc(C3CC3)c2)c1. The fourth-order valence-electron chi connectivity index (χ4n) is 2.15. The summed E-state index contributed by atoms with van der Waals surface area (Å²) in [5, 5.41) is 5.64. The van der Waals surface area contributed by atoms with E-state index in [-0.39, 0.29) is 0 Å². The Morgan fingerprint density at radius 3 is 2.83 bits per heavy atom. The lowest BCUT2D eigenvalue weighted by Crippen LogP contribution is -2.11. The molecule has 1 aliphatic carbocycles. The van der Waals surface area contributed by atoms with E-state index < -0.39 is 0 Å². The van der Waals surface area contributed by atoms with E-state index in [0.29, 0.717) is 0 Å². The highest BCUT2D eigenvalue weighted by Gasteiger charge is 2.23. The number of nitrogens with one attached hydrogen (secondary N) is 1. The lowest BCUT2D eigenvalue weighted by molar-refractivity contribution is 0.700. The summed E-state index contributed by atoms with van der Waals surface area (Å²) in [6, 6.07) is 11.2. The van der Waals surface area contributed by atoms with E-state index in [4.69, 9.17) is 0 Å². The zero-order chi connectivity index (χ0) is 12.4. The molecule has 0 atom stereocenters. The van der Waals surface area contributed by atoms with Crippen molar-refractivity contribution in [3.05, 3.63) is 56.2 Å². The Kier molecular flexibility index (Phi) is 3.83. The van der Waals surface area contributed by atoms with Crippen LogP contribution in [0.5, 0.6) is 0 Å². The number of thiophene rings is 1. The molecule has 1 aromatic carbocycles. The average molecular weight is 322 g/mol. The minimum atomic E-state index is 0.846. The molecule has 1 aromatic heterocycles. The molecule has 3 heteroatoms. The van der Waals surface area contributed by atoms with Gasteiger partial charge in [-0.15, -0.1) is 11.3 Å². The number of rotatable bonds is 5. The lowest BCUT2D eigenvalue weighted by atomic mass is 10.1. The predicted molar refractivity (Wildman–Crippen MR) is 81.0 cm³/mol. The fourth-order valence-corrected chi connectivity index (χ4v) is 3.57. The summed E-state index contributed by atoms with van der Waals surface area (Å²) in [6.45, 7) is 1.90. The van der Waals surface area contributed by atoms with Crippen molar-refractivity contribution in [1.82, 2.24) is 5.32 Å². The Morgan fingerprint density at radius 2 is 2.11 bits per heavy atom. The minimum Gasteiger partial charge on any atom is -0.308 e. The van der Waals surface area contributed by atoms with Crippen LogP contribution >= 0.6 is 27.3 Å². The van der Waals surface area contributed by atoms with E-state index in [1.807, 2.05) is 0 Å². The zero-order valence-electron chi connectivity index (χ0n) is 10.2. The van der Waals surface area contributed by atoms with Gasteiger partial charge in [0.1, 0.15) is 0 Å². The molecule has 0 saturated heterocycles. The van der Waals surface area contributed by atoms with Crippen LogP contribution in [-0.2, 0) is 13.1 Å². The van der Waals surface area contributed by atoms with Crippen LogP contribution in [0.15, 0.2) is 40.2 Å². The Hall–Kier alpha value is -0.640. The molecular weight excluding hydrogens is 306 g/mol. The number of benzene rings is 1. The summed E-state index contributed by atoms with van der Waals surface area (Å²) < 4.78 is 1.18.